The van der Waals surface area contributed by atoms with Crippen LogP contribution in [0.2, 0.25) is 0 Å². The first-order valence-electron chi connectivity index (χ1n) is 8.34. The molecule has 0 bridgehead atoms. The Labute approximate surface area is 160 Å². The van der Waals surface area contributed by atoms with Crippen LogP contribution in [-0.2, 0) is 6.61 Å². The first-order valence-corrected chi connectivity index (χ1v) is 9.22. The second-order valence-electron chi connectivity index (χ2n) is 5.74. The predicted octanol–water partition coefficient (Wildman–Crippen LogP) is 4.50. The molecule has 0 saturated carbocycles. The van der Waals surface area contributed by atoms with Gasteiger partial charge >= 0.3 is 0 Å². The van der Waals surface area contributed by atoms with Gasteiger partial charge in [-0.1, -0.05) is 24.3 Å². The number of para-hydroxylation sites is 1. The molecule has 0 aliphatic carbocycles. The van der Waals surface area contributed by atoms with Gasteiger partial charge in [-0.05, 0) is 24.3 Å². The Morgan fingerprint density at radius 3 is 2.78 bits per heavy atom. The van der Waals surface area contributed by atoms with Gasteiger partial charge in [-0.25, -0.2) is 15.0 Å². The number of aromatic nitrogens is 3. The molecule has 0 aliphatic heterocycles. The lowest BCUT2D eigenvalue weighted by Crippen LogP contribution is -2.01. The number of nitrogens with one attached hydrogen (secondary N) is 1. The minimum atomic E-state index is 0.409. The standard InChI is InChI=1S/C20H17N5OS/c21-17-7-2-1-4-14(17)13-26-16-6-3-5-15(12-16)24-20-23-9-8-18(25-20)19-22-10-11-27-19/h1-12H,13,21H2,(H,23,24,25). The molecule has 4 aromatic rings. The Morgan fingerprint density at radius 2 is 1.93 bits per heavy atom. The summed E-state index contributed by atoms with van der Waals surface area (Å²) in [5.41, 5.74) is 9.26. The van der Waals surface area contributed by atoms with E-state index in [2.05, 4.69) is 20.3 Å². The molecule has 4 rings (SSSR count). The number of anilines is 3. The van der Waals surface area contributed by atoms with Crippen LogP contribution in [0.5, 0.6) is 5.75 Å². The van der Waals surface area contributed by atoms with Crippen LogP contribution in [0.4, 0.5) is 17.3 Å². The number of ether oxygens (including phenoxy) is 1. The van der Waals surface area contributed by atoms with Crippen LogP contribution >= 0.6 is 11.3 Å². The fraction of sp³-hybridized carbons (Fsp3) is 0.0500. The van der Waals surface area contributed by atoms with Gasteiger partial charge in [-0.15, -0.1) is 11.3 Å². The van der Waals surface area contributed by atoms with Crippen molar-refractivity contribution < 1.29 is 4.74 Å². The summed E-state index contributed by atoms with van der Waals surface area (Å²) in [5, 5.41) is 5.99. The number of hydrogen-bond acceptors (Lipinski definition) is 7. The Hall–Kier alpha value is -3.45. The van der Waals surface area contributed by atoms with E-state index in [1.54, 1.807) is 12.4 Å². The molecule has 2 heterocycles. The van der Waals surface area contributed by atoms with E-state index >= 15 is 0 Å². The minimum Gasteiger partial charge on any atom is -0.489 e. The third kappa shape index (κ3) is 4.21. The molecule has 0 aliphatic rings. The molecule has 2 aromatic heterocycles. The lowest BCUT2D eigenvalue weighted by Gasteiger charge is -2.10. The molecule has 27 heavy (non-hydrogen) atoms. The summed E-state index contributed by atoms with van der Waals surface area (Å²) >= 11 is 1.54. The summed E-state index contributed by atoms with van der Waals surface area (Å²) in [6, 6.07) is 17.2. The molecule has 0 amide bonds. The quantitative estimate of drug-likeness (QED) is 0.483. The van der Waals surface area contributed by atoms with Crippen molar-refractivity contribution in [2.45, 2.75) is 6.61 Å². The van der Waals surface area contributed by atoms with Crippen molar-refractivity contribution in [2.75, 3.05) is 11.1 Å². The first-order chi connectivity index (χ1) is 13.3. The normalized spacial score (nSPS) is 10.5. The van der Waals surface area contributed by atoms with E-state index in [1.807, 2.05) is 60.0 Å². The number of nitrogen functional groups attached to an aromatic ring is 1. The van der Waals surface area contributed by atoms with Crippen LogP contribution < -0.4 is 15.8 Å². The Kier molecular flexibility index (Phi) is 4.93. The van der Waals surface area contributed by atoms with E-state index in [0.29, 0.717) is 12.6 Å². The topological polar surface area (TPSA) is 86.0 Å². The van der Waals surface area contributed by atoms with E-state index in [1.165, 1.54) is 11.3 Å². The maximum Gasteiger partial charge on any atom is 0.227 e. The van der Waals surface area contributed by atoms with Gasteiger partial charge in [-0.2, -0.15) is 0 Å². The second-order valence-corrected chi connectivity index (χ2v) is 6.64. The average molecular weight is 375 g/mol. The van der Waals surface area contributed by atoms with Crippen LogP contribution in [0.1, 0.15) is 5.56 Å². The Bertz CT molecular complexity index is 1040. The predicted molar refractivity (Wildman–Crippen MR) is 108 cm³/mol. The van der Waals surface area contributed by atoms with E-state index in [0.717, 1.165) is 33.4 Å². The van der Waals surface area contributed by atoms with Gasteiger partial charge in [-0.3, -0.25) is 0 Å². The Morgan fingerprint density at radius 1 is 1.00 bits per heavy atom. The maximum absolute atomic E-state index is 5.96. The lowest BCUT2D eigenvalue weighted by atomic mass is 10.2. The molecule has 0 unspecified atom stereocenters. The van der Waals surface area contributed by atoms with Crippen LogP contribution in [0, 0.1) is 0 Å². The molecule has 0 saturated heterocycles. The summed E-state index contributed by atoms with van der Waals surface area (Å²) < 4.78 is 5.86. The molecule has 2 aromatic carbocycles. The monoisotopic (exact) mass is 375 g/mol. The van der Waals surface area contributed by atoms with Crippen LogP contribution in [0.3, 0.4) is 0 Å². The van der Waals surface area contributed by atoms with Gasteiger partial charge in [0.1, 0.15) is 23.1 Å². The highest BCUT2D eigenvalue weighted by molar-refractivity contribution is 7.13. The molecule has 7 heteroatoms. The molecule has 3 N–H and O–H groups in total. The van der Waals surface area contributed by atoms with Crippen molar-refractivity contribution in [2.24, 2.45) is 0 Å². The van der Waals surface area contributed by atoms with Crippen molar-refractivity contribution in [3.8, 4) is 16.5 Å². The highest BCUT2D eigenvalue weighted by Gasteiger charge is 2.06. The summed E-state index contributed by atoms with van der Waals surface area (Å²) in [7, 11) is 0. The fourth-order valence-corrected chi connectivity index (χ4v) is 3.11. The van der Waals surface area contributed by atoms with Crippen LogP contribution in [-0.4, -0.2) is 15.0 Å². The Balaban J connectivity index is 1.47. The molecular formula is C20H17N5OS. The average Bonchev–Trinajstić information content (AvgIpc) is 3.23. The van der Waals surface area contributed by atoms with E-state index in [9.17, 15) is 0 Å². The second kappa shape index (κ2) is 7.84. The zero-order valence-electron chi connectivity index (χ0n) is 14.4. The van der Waals surface area contributed by atoms with Gasteiger partial charge in [0.15, 0.2) is 0 Å². The van der Waals surface area contributed by atoms with Crippen molar-refractivity contribution in [1.82, 2.24) is 15.0 Å². The molecule has 0 radical (unpaired) electrons. The first kappa shape index (κ1) is 17.0. The highest BCUT2D eigenvalue weighted by atomic mass is 32.1. The smallest absolute Gasteiger partial charge is 0.227 e. The maximum atomic E-state index is 5.96. The molecule has 0 fully saturated rings. The zero-order chi connectivity index (χ0) is 18.5. The third-order valence-electron chi connectivity index (χ3n) is 3.85. The van der Waals surface area contributed by atoms with Crippen molar-refractivity contribution in [3.63, 3.8) is 0 Å². The molecule has 0 spiro atoms. The van der Waals surface area contributed by atoms with Gasteiger partial charge in [0.2, 0.25) is 5.95 Å². The minimum absolute atomic E-state index is 0.409. The van der Waals surface area contributed by atoms with Crippen LogP contribution in [0.25, 0.3) is 10.7 Å². The largest absolute Gasteiger partial charge is 0.489 e. The van der Waals surface area contributed by atoms with Crippen molar-refractivity contribution >= 4 is 28.7 Å². The number of thiazole rings is 1. The summed E-state index contributed by atoms with van der Waals surface area (Å²) in [6.45, 7) is 0.409. The summed E-state index contributed by atoms with van der Waals surface area (Å²) in [6.07, 6.45) is 3.47. The third-order valence-corrected chi connectivity index (χ3v) is 4.64. The molecule has 134 valence electrons. The van der Waals surface area contributed by atoms with E-state index in [4.69, 9.17) is 10.5 Å². The van der Waals surface area contributed by atoms with Gasteiger partial charge in [0.25, 0.3) is 0 Å². The van der Waals surface area contributed by atoms with Crippen LogP contribution in [0.15, 0.2) is 72.4 Å². The van der Waals surface area contributed by atoms with Crippen molar-refractivity contribution in [1.29, 1.82) is 0 Å². The summed E-state index contributed by atoms with van der Waals surface area (Å²) in [4.78, 5) is 13.1. The van der Waals surface area contributed by atoms with E-state index in [-0.39, 0.29) is 0 Å². The number of nitrogens with two attached hydrogens (primary N) is 1. The van der Waals surface area contributed by atoms with E-state index < -0.39 is 0 Å². The lowest BCUT2D eigenvalue weighted by molar-refractivity contribution is 0.307. The zero-order valence-corrected chi connectivity index (χ0v) is 15.2. The SMILES string of the molecule is Nc1ccccc1COc1cccc(Nc2nccc(-c3nccs3)n2)c1. The molecular weight excluding hydrogens is 358 g/mol. The fourth-order valence-electron chi connectivity index (χ4n) is 2.51. The highest BCUT2D eigenvalue weighted by Crippen LogP contribution is 2.24. The number of benzene rings is 2. The van der Waals surface area contributed by atoms with Crippen molar-refractivity contribution in [3.05, 3.63) is 77.9 Å². The number of rotatable bonds is 6. The number of hydrogen-bond donors (Lipinski definition) is 2. The number of nitrogens with zero attached hydrogens (tertiary/aromatic N) is 3. The van der Waals surface area contributed by atoms with Gasteiger partial charge in [0.05, 0.1) is 0 Å². The summed E-state index contributed by atoms with van der Waals surface area (Å²) in [5.74, 6) is 1.24. The van der Waals surface area contributed by atoms with Gasteiger partial charge < -0.3 is 15.8 Å². The van der Waals surface area contributed by atoms with Gasteiger partial charge in [0, 0.05) is 40.8 Å². The molecule has 6 nitrogen and oxygen atoms in total. The molecule has 0 atom stereocenters.